The number of halogens is 4. The van der Waals surface area contributed by atoms with Crippen molar-refractivity contribution < 1.29 is 22.4 Å². The Bertz CT molecular complexity index is 424. The Morgan fingerprint density at radius 1 is 1.20 bits per heavy atom. The van der Waals surface area contributed by atoms with E-state index in [1.54, 1.807) is 30.3 Å². The highest BCUT2D eigenvalue weighted by Crippen LogP contribution is 2.32. The van der Waals surface area contributed by atoms with Crippen LogP contribution < -0.4 is 0 Å². The monoisotopic (exact) mass is 308 g/mol. The Balaban J connectivity index is 2.43. The fourth-order valence-electron chi connectivity index (χ4n) is 1.57. The van der Waals surface area contributed by atoms with Gasteiger partial charge in [-0.3, -0.25) is 4.79 Å². The number of hydrogen-bond donors (Lipinski definition) is 0. The highest BCUT2D eigenvalue weighted by molar-refractivity contribution is 8.14. The van der Waals surface area contributed by atoms with Gasteiger partial charge in [0.15, 0.2) is 12.3 Å². The first-order valence-electron chi connectivity index (χ1n) is 6.27. The zero-order valence-corrected chi connectivity index (χ0v) is 11.8. The predicted molar refractivity (Wildman–Crippen MR) is 72.9 cm³/mol. The molecule has 1 aromatic rings. The zero-order valence-electron chi connectivity index (χ0n) is 11.0. The molecule has 0 aromatic heterocycles. The maximum atomic E-state index is 13.4. The van der Waals surface area contributed by atoms with Crippen molar-refractivity contribution >= 4 is 16.9 Å². The first kappa shape index (κ1) is 17.0. The number of alkyl halides is 4. The van der Waals surface area contributed by atoms with E-state index in [0.29, 0.717) is 5.56 Å². The Morgan fingerprint density at radius 3 is 2.35 bits per heavy atom. The average molecular weight is 308 g/mol. The van der Waals surface area contributed by atoms with Crippen LogP contribution in [0.15, 0.2) is 30.3 Å². The summed E-state index contributed by atoms with van der Waals surface area (Å²) in [7, 11) is 0. The van der Waals surface area contributed by atoms with Gasteiger partial charge in [-0.15, -0.1) is 0 Å². The number of rotatable bonds is 7. The van der Waals surface area contributed by atoms with Crippen molar-refractivity contribution in [2.75, 3.05) is 5.75 Å². The predicted octanol–water partition coefficient (Wildman–Crippen LogP) is 4.67. The average Bonchev–Trinajstić information content (AvgIpc) is 2.46. The minimum Gasteiger partial charge on any atom is -0.282 e. The van der Waals surface area contributed by atoms with Gasteiger partial charge in [-0.2, -0.15) is 0 Å². The van der Waals surface area contributed by atoms with E-state index in [2.05, 4.69) is 0 Å². The molecule has 1 aromatic carbocycles. The van der Waals surface area contributed by atoms with Gasteiger partial charge in [-0.05, 0) is 12.8 Å². The number of carbonyl (C=O) groups is 1. The third kappa shape index (κ3) is 4.51. The maximum absolute atomic E-state index is 13.4. The Morgan fingerprint density at radius 2 is 1.80 bits per heavy atom. The van der Waals surface area contributed by atoms with Crippen LogP contribution in [0.4, 0.5) is 17.6 Å². The lowest BCUT2D eigenvalue weighted by molar-refractivity contribution is -0.128. The number of benzene rings is 1. The topological polar surface area (TPSA) is 17.1 Å². The van der Waals surface area contributed by atoms with Gasteiger partial charge in [-0.1, -0.05) is 49.0 Å². The second kappa shape index (κ2) is 7.67. The van der Waals surface area contributed by atoms with Gasteiger partial charge in [0, 0.05) is 11.3 Å². The highest BCUT2D eigenvalue weighted by Gasteiger charge is 2.47. The normalized spacial score (nSPS) is 14.8. The summed E-state index contributed by atoms with van der Waals surface area (Å²) in [6.07, 6.45) is -6.07. The lowest BCUT2D eigenvalue weighted by Gasteiger charge is -2.23. The molecule has 0 radical (unpaired) electrons. The van der Waals surface area contributed by atoms with Gasteiger partial charge in [0.1, 0.15) is 0 Å². The molecule has 2 atom stereocenters. The van der Waals surface area contributed by atoms with Gasteiger partial charge in [-0.25, -0.2) is 17.6 Å². The van der Waals surface area contributed by atoms with Crippen molar-refractivity contribution in [2.24, 2.45) is 0 Å². The molecule has 2 unspecified atom stereocenters. The largest absolute Gasteiger partial charge is 0.309 e. The van der Waals surface area contributed by atoms with E-state index in [1.165, 1.54) is 6.92 Å². The SMILES string of the molecule is CCC(F)C(F)(F)C(F)CCSC(=O)c1ccccc1. The second-order valence-corrected chi connectivity index (χ2v) is 5.38. The molecule has 0 N–H and O–H groups in total. The number of thioether (sulfide) groups is 1. The van der Waals surface area contributed by atoms with Crippen molar-refractivity contribution in [1.82, 2.24) is 0 Å². The standard InChI is InChI=1S/C14H16F4OS/c1-2-11(15)14(17,18)12(16)8-9-20-13(19)10-6-4-3-5-7-10/h3-7,11-12H,2,8-9H2,1H3. The van der Waals surface area contributed by atoms with Crippen LogP contribution in [-0.2, 0) is 0 Å². The molecular weight excluding hydrogens is 292 g/mol. The molecular formula is C14H16F4OS. The Labute approximate surface area is 119 Å². The first-order chi connectivity index (χ1) is 9.39. The summed E-state index contributed by atoms with van der Waals surface area (Å²) in [5, 5.41) is -0.312. The van der Waals surface area contributed by atoms with Crippen LogP contribution in [0.25, 0.3) is 0 Å². The molecule has 0 amide bonds. The molecule has 0 bridgehead atoms. The molecule has 20 heavy (non-hydrogen) atoms. The maximum Gasteiger partial charge on any atom is 0.309 e. The summed E-state index contributed by atoms with van der Waals surface area (Å²) in [6.45, 7) is 1.24. The molecule has 0 aliphatic rings. The molecule has 0 fully saturated rings. The van der Waals surface area contributed by atoms with Crippen molar-refractivity contribution in [3.05, 3.63) is 35.9 Å². The van der Waals surface area contributed by atoms with Crippen LogP contribution in [0.2, 0.25) is 0 Å². The quantitative estimate of drug-likeness (QED) is 0.681. The van der Waals surface area contributed by atoms with Gasteiger partial charge < -0.3 is 0 Å². The molecule has 1 rings (SSSR count). The molecule has 1 nitrogen and oxygen atoms in total. The lowest BCUT2D eigenvalue weighted by Crippen LogP contribution is -2.40. The molecule has 0 spiro atoms. The number of carbonyl (C=O) groups excluding carboxylic acids is 1. The minimum absolute atomic E-state index is 0.110. The summed E-state index contributed by atoms with van der Waals surface area (Å²) in [5.41, 5.74) is 0.427. The molecule has 0 aliphatic carbocycles. The zero-order chi connectivity index (χ0) is 15.2. The third-order valence-corrected chi connectivity index (χ3v) is 3.75. The van der Waals surface area contributed by atoms with E-state index in [1.807, 2.05) is 0 Å². The van der Waals surface area contributed by atoms with Gasteiger partial charge in [0.05, 0.1) is 0 Å². The van der Waals surface area contributed by atoms with E-state index in [0.717, 1.165) is 11.8 Å². The summed E-state index contributed by atoms with van der Waals surface area (Å²) in [4.78, 5) is 11.6. The molecule has 0 saturated carbocycles. The summed E-state index contributed by atoms with van der Waals surface area (Å²) >= 11 is 0.759. The fourth-order valence-corrected chi connectivity index (χ4v) is 2.39. The van der Waals surface area contributed by atoms with E-state index < -0.39 is 31.1 Å². The fraction of sp³-hybridized carbons (Fsp3) is 0.500. The van der Waals surface area contributed by atoms with Crippen molar-refractivity contribution in [3.8, 4) is 0 Å². The lowest BCUT2D eigenvalue weighted by atomic mass is 10.1. The van der Waals surface area contributed by atoms with Crippen LogP contribution in [-0.4, -0.2) is 29.1 Å². The Kier molecular flexibility index (Phi) is 6.52. The van der Waals surface area contributed by atoms with Crippen molar-refractivity contribution in [3.63, 3.8) is 0 Å². The van der Waals surface area contributed by atoms with Crippen LogP contribution in [0, 0.1) is 0 Å². The second-order valence-electron chi connectivity index (χ2n) is 4.31. The highest BCUT2D eigenvalue weighted by atomic mass is 32.2. The summed E-state index contributed by atoms with van der Waals surface area (Å²) < 4.78 is 52.7. The summed E-state index contributed by atoms with van der Waals surface area (Å²) in [5.74, 6) is -4.11. The van der Waals surface area contributed by atoms with E-state index in [4.69, 9.17) is 0 Å². The van der Waals surface area contributed by atoms with Crippen LogP contribution in [0.3, 0.4) is 0 Å². The molecule has 0 aliphatic heterocycles. The van der Waals surface area contributed by atoms with Gasteiger partial charge >= 0.3 is 5.92 Å². The van der Waals surface area contributed by atoms with Gasteiger partial charge in [0.2, 0.25) is 5.12 Å². The Hall–Kier alpha value is -1.04. The molecule has 0 saturated heterocycles. The molecule has 112 valence electrons. The van der Waals surface area contributed by atoms with E-state index >= 15 is 0 Å². The van der Waals surface area contributed by atoms with Crippen molar-refractivity contribution in [1.29, 1.82) is 0 Å². The first-order valence-corrected chi connectivity index (χ1v) is 7.26. The van der Waals surface area contributed by atoms with Crippen LogP contribution >= 0.6 is 11.8 Å². The molecule has 6 heteroatoms. The van der Waals surface area contributed by atoms with Gasteiger partial charge in [0.25, 0.3) is 0 Å². The third-order valence-electron chi connectivity index (χ3n) is 2.81. The summed E-state index contributed by atoms with van der Waals surface area (Å²) in [6, 6.07) is 8.27. The number of hydrogen-bond acceptors (Lipinski definition) is 2. The minimum atomic E-state index is -3.99. The van der Waals surface area contributed by atoms with Crippen LogP contribution in [0.5, 0.6) is 0 Å². The van der Waals surface area contributed by atoms with Crippen molar-refractivity contribution in [2.45, 2.75) is 38.0 Å². The smallest absolute Gasteiger partial charge is 0.282 e. The molecule has 0 heterocycles. The van der Waals surface area contributed by atoms with Crippen LogP contribution in [0.1, 0.15) is 30.1 Å². The van der Waals surface area contributed by atoms with E-state index in [-0.39, 0.29) is 10.9 Å². The van der Waals surface area contributed by atoms with E-state index in [9.17, 15) is 22.4 Å².